The molecule has 174 valence electrons. The summed E-state index contributed by atoms with van der Waals surface area (Å²) < 4.78 is 41.2. The maximum absolute atomic E-state index is 13.2. The molecule has 8 nitrogen and oxygen atoms in total. The zero-order chi connectivity index (χ0) is 22.0. The van der Waals surface area contributed by atoms with Gasteiger partial charge in [0.25, 0.3) is 0 Å². The molecule has 0 radical (unpaired) electrons. The Morgan fingerprint density at radius 1 is 1.03 bits per heavy atom. The van der Waals surface area contributed by atoms with Crippen LogP contribution < -0.4 is 0 Å². The lowest BCUT2D eigenvalue weighted by atomic mass is 10.2. The number of benzene rings is 1. The van der Waals surface area contributed by atoms with Gasteiger partial charge in [0.15, 0.2) is 11.0 Å². The van der Waals surface area contributed by atoms with Crippen LogP contribution in [0, 0.1) is 0 Å². The third-order valence-electron chi connectivity index (χ3n) is 6.48. The minimum Gasteiger partial charge on any atom is -0.379 e. The van der Waals surface area contributed by atoms with E-state index in [-0.39, 0.29) is 6.10 Å². The number of thioether (sulfide) groups is 1. The van der Waals surface area contributed by atoms with Crippen LogP contribution in [-0.4, -0.2) is 72.3 Å². The van der Waals surface area contributed by atoms with Gasteiger partial charge in [-0.15, -0.1) is 10.2 Å². The number of nitrogens with zero attached hydrogens (tertiary/aromatic N) is 4. The van der Waals surface area contributed by atoms with Gasteiger partial charge in [0.05, 0.1) is 24.2 Å². The lowest BCUT2D eigenvalue weighted by Crippen LogP contribution is -2.40. The average Bonchev–Trinajstić information content (AvgIpc) is 3.60. The van der Waals surface area contributed by atoms with Crippen LogP contribution in [0.1, 0.15) is 44.6 Å². The molecule has 0 amide bonds. The van der Waals surface area contributed by atoms with Crippen LogP contribution in [0.15, 0.2) is 34.3 Å². The maximum Gasteiger partial charge on any atom is 0.243 e. The van der Waals surface area contributed by atoms with Crippen molar-refractivity contribution in [3.63, 3.8) is 0 Å². The minimum absolute atomic E-state index is 0.277. The Labute approximate surface area is 193 Å². The number of hydrogen-bond acceptors (Lipinski definition) is 7. The molecule has 1 unspecified atom stereocenters. The first kappa shape index (κ1) is 22.3. The molecule has 3 fully saturated rings. The van der Waals surface area contributed by atoms with Crippen LogP contribution in [0.3, 0.4) is 0 Å². The molecule has 1 aliphatic carbocycles. The Morgan fingerprint density at radius 2 is 1.84 bits per heavy atom. The van der Waals surface area contributed by atoms with Crippen LogP contribution >= 0.6 is 11.8 Å². The molecular formula is C22H30N4O4S2. The molecule has 2 aliphatic heterocycles. The minimum atomic E-state index is -3.56. The number of ether oxygens (including phenoxy) is 2. The summed E-state index contributed by atoms with van der Waals surface area (Å²) in [6, 6.07) is 7.50. The van der Waals surface area contributed by atoms with Crippen molar-refractivity contribution in [1.82, 2.24) is 19.1 Å². The van der Waals surface area contributed by atoms with E-state index in [0.29, 0.717) is 37.2 Å². The van der Waals surface area contributed by atoms with Crippen molar-refractivity contribution < 1.29 is 17.9 Å². The van der Waals surface area contributed by atoms with Gasteiger partial charge in [0.1, 0.15) is 0 Å². The van der Waals surface area contributed by atoms with Crippen molar-refractivity contribution >= 4 is 21.8 Å². The first-order chi connectivity index (χ1) is 15.6. The van der Waals surface area contributed by atoms with E-state index in [0.717, 1.165) is 54.6 Å². The summed E-state index contributed by atoms with van der Waals surface area (Å²) in [5.74, 6) is 1.63. The summed E-state index contributed by atoms with van der Waals surface area (Å²) in [6.45, 7) is 2.47. The zero-order valence-corrected chi connectivity index (χ0v) is 19.8. The number of morpholine rings is 1. The van der Waals surface area contributed by atoms with Crippen molar-refractivity contribution in [2.75, 3.05) is 38.7 Å². The highest BCUT2D eigenvalue weighted by Gasteiger charge is 2.29. The van der Waals surface area contributed by atoms with Gasteiger partial charge in [0, 0.05) is 37.1 Å². The van der Waals surface area contributed by atoms with Crippen molar-refractivity contribution in [3.05, 3.63) is 24.3 Å². The van der Waals surface area contributed by atoms with Gasteiger partial charge in [-0.2, -0.15) is 4.31 Å². The van der Waals surface area contributed by atoms with Gasteiger partial charge in [-0.3, -0.25) is 4.57 Å². The number of aromatic nitrogens is 3. The fourth-order valence-corrected chi connectivity index (χ4v) is 7.26. The van der Waals surface area contributed by atoms with Gasteiger partial charge in [-0.05, 0) is 37.8 Å². The van der Waals surface area contributed by atoms with Gasteiger partial charge in [-0.1, -0.05) is 36.7 Å². The predicted octanol–water partition coefficient (Wildman–Crippen LogP) is 3.35. The van der Waals surface area contributed by atoms with E-state index < -0.39 is 10.0 Å². The fraction of sp³-hybridized carbons (Fsp3) is 0.636. The molecule has 1 atom stereocenters. The smallest absolute Gasteiger partial charge is 0.243 e. The Hall–Kier alpha value is -1.46. The SMILES string of the molecule is O=S(=O)(c1cccc(-c2nnc(SCC3CCCO3)n2C2CCCC2)c1)N1CCOCC1. The second-order valence-corrected chi connectivity index (χ2v) is 11.5. The van der Waals surface area contributed by atoms with E-state index in [1.807, 2.05) is 6.07 Å². The van der Waals surface area contributed by atoms with Crippen LogP contribution in [0.2, 0.25) is 0 Å². The molecule has 0 spiro atoms. The largest absolute Gasteiger partial charge is 0.379 e. The van der Waals surface area contributed by atoms with Crippen LogP contribution in [0.25, 0.3) is 11.4 Å². The summed E-state index contributed by atoms with van der Waals surface area (Å²) in [6.07, 6.45) is 7.09. The van der Waals surface area contributed by atoms with E-state index in [1.165, 1.54) is 17.1 Å². The van der Waals surface area contributed by atoms with E-state index in [1.54, 1.807) is 30.0 Å². The summed E-state index contributed by atoms with van der Waals surface area (Å²) in [5.41, 5.74) is 0.794. The molecule has 1 aromatic carbocycles. The molecule has 3 heterocycles. The highest BCUT2D eigenvalue weighted by molar-refractivity contribution is 7.99. The van der Waals surface area contributed by atoms with Crippen molar-refractivity contribution in [2.45, 2.75) is 60.7 Å². The lowest BCUT2D eigenvalue weighted by molar-refractivity contribution is 0.0730. The molecule has 32 heavy (non-hydrogen) atoms. The first-order valence-electron chi connectivity index (χ1n) is 11.5. The van der Waals surface area contributed by atoms with Crippen molar-refractivity contribution in [3.8, 4) is 11.4 Å². The van der Waals surface area contributed by atoms with Gasteiger partial charge < -0.3 is 9.47 Å². The fourth-order valence-electron chi connectivity index (χ4n) is 4.74. The van der Waals surface area contributed by atoms with E-state index in [2.05, 4.69) is 14.8 Å². The first-order valence-corrected chi connectivity index (χ1v) is 13.9. The summed E-state index contributed by atoms with van der Waals surface area (Å²) in [4.78, 5) is 0.298. The average molecular weight is 479 g/mol. The Kier molecular flexibility index (Phi) is 6.84. The topological polar surface area (TPSA) is 86.6 Å². The van der Waals surface area contributed by atoms with Gasteiger partial charge in [-0.25, -0.2) is 8.42 Å². The Balaban J connectivity index is 1.45. The second kappa shape index (κ2) is 9.80. The molecular weight excluding hydrogens is 448 g/mol. The third-order valence-corrected chi connectivity index (χ3v) is 9.45. The van der Waals surface area contributed by atoms with E-state index in [4.69, 9.17) is 9.47 Å². The Morgan fingerprint density at radius 3 is 2.59 bits per heavy atom. The van der Waals surface area contributed by atoms with E-state index >= 15 is 0 Å². The summed E-state index contributed by atoms with van der Waals surface area (Å²) in [5, 5.41) is 9.96. The van der Waals surface area contributed by atoms with E-state index in [9.17, 15) is 8.42 Å². The van der Waals surface area contributed by atoms with Gasteiger partial charge >= 0.3 is 0 Å². The number of rotatable bonds is 7. The van der Waals surface area contributed by atoms with Crippen molar-refractivity contribution in [2.24, 2.45) is 0 Å². The quantitative estimate of drug-likeness (QED) is 0.564. The standard InChI is InChI=1S/C22H30N4O4S2/c27-32(28,25-10-13-29-14-11-25)20-9-3-5-17(15-20)21-23-24-22(26(21)18-6-1-2-7-18)31-16-19-8-4-12-30-19/h3,5,9,15,18-19H,1-2,4,6-8,10-14,16H2. The monoisotopic (exact) mass is 478 g/mol. The molecule has 2 saturated heterocycles. The molecule has 0 N–H and O–H groups in total. The van der Waals surface area contributed by atoms with Crippen LogP contribution in [-0.2, 0) is 19.5 Å². The normalized spacial score (nSPS) is 23.2. The van der Waals surface area contributed by atoms with Gasteiger partial charge in [0.2, 0.25) is 10.0 Å². The predicted molar refractivity (Wildman–Crippen MR) is 122 cm³/mol. The maximum atomic E-state index is 13.2. The molecule has 3 aliphatic rings. The van der Waals surface area contributed by atoms with Crippen LogP contribution in [0.5, 0.6) is 0 Å². The number of hydrogen-bond donors (Lipinski definition) is 0. The van der Waals surface area contributed by atoms with Crippen molar-refractivity contribution in [1.29, 1.82) is 0 Å². The molecule has 1 aromatic heterocycles. The highest BCUT2D eigenvalue weighted by Crippen LogP contribution is 2.37. The van der Waals surface area contributed by atoms with Crippen LogP contribution in [0.4, 0.5) is 0 Å². The zero-order valence-electron chi connectivity index (χ0n) is 18.2. The Bertz CT molecular complexity index is 1020. The lowest BCUT2D eigenvalue weighted by Gasteiger charge is -2.26. The highest BCUT2D eigenvalue weighted by atomic mass is 32.2. The summed E-state index contributed by atoms with van der Waals surface area (Å²) >= 11 is 1.70. The second-order valence-electron chi connectivity index (χ2n) is 8.60. The third kappa shape index (κ3) is 4.61. The summed E-state index contributed by atoms with van der Waals surface area (Å²) in [7, 11) is -3.56. The number of sulfonamides is 1. The molecule has 1 saturated carbocycles. The molecule has 5 rings (SSSR count). The molecule has 10 heteroatoms. The molecule has 0 bridgehead atoms. The molecule has 2 aromatic rings.